The summed E-state index contributed by atoms with van der Waals surface area (Å²) in [6.07, 6.45) is 0.992. The van der Waals surface area contributed by atoms with Crippen molar-refractivity contribution in [3.8, 4) is 5.75 Å². The van der Waals surface area contributed by atoms with Gasteiger partial charge >= 0.3 is 0 Å². The molecule has 0 fully saturated rings. The Kier molecular flexibility index (Phi) is 2.20. The van der Waals surface area contributed by atoms with Gasteiger partial charge in [-0.1, -0.05) is 6.92 Å². The van der Waals surface area contributed by atoms with E-state index in [1.165, 1.54) is 10.9 Å². The Morgan fingerprint density at radius 1 is 1.36 bits per heavy atom. The first-order valence-electron chi connectivity index (χ1n) is 4.82. The van der Waals surface area contributed by atoms with Crippen molar-refractivity contribution < 1.29 is 9.15 Å². The van der Waals surface area contributed by atoms with Crippen LogP contribution < -0.4 is 4.74 Å². The minimum atomic E-state index is 0.882. The second-order valence-electron chi connectivity index (χ2n) is 3.35. The third-order valence-corrected chi connectivity index (χ3v) is 2.55. The van der Waals surface area contributed by atoms with Crippen LogP contribution in [0.3, 0.4) is 0 Å². The van der Waals surface area contributed by atoms with Gasteiger partial charge in [0.15, 0.2) is 0 Å². The molecule has 0 radical (unpaired) electrons. The summed E-state index contributed by atoms with van der Waals surface area (Å²) in [7, 11) is 1.68. The third-order valence-electron chi connectivity index (χ3n) is 2.55. The van der Waals surface area contributed by atoms with E-state index in [2.05, 4.69) is 6.92 Å². The molecule has 14 heavy (non-hydrogen) atoms. The quantitative estimate of drug-likeness (QED) is 0.724. The lowest BCUT2D eigenvalue weighted by molar-refractivity contribution is 0.415. The Labute approximate surface area is 83.5 Å². The lowest BCUT2D eigenvalue weighted by Crippen LogP contribution is -1.83. The lowest BCUT2D eigenvalue weighted by Gasteiger charge is -1.98. The Bertz CT molecular complexity index is 455. The normalized spacial score (nSPS) is 10.8. The fraction of sp³-hybridized carbons (Fsp3) is 0.333. The molecular weight excluding hydrogens is 176 g/mol. The Balaban J connectivity index is 2.71. The SMILES string of the molecule is CCc1c(C)oc2ccc(OC)cc12. The summed E-state index contributed by atoms with van der Waals surface area (Å²) in [6, 6.07) is 5.91. The van der Waals surface area contributed by atoms with E-state index in [1.54, 1.807) is 7.11 Å². The summed E-state index contributed by atoms with van der Waals surface area (Å²) < 4.78 is 10.8. The average Bonchev–Trinajstić information content (AvgIpc) is 2.52. The molecule has 2 rings (SSSR count). The number of fused-ring (bicyclic) bond motifs is 1. The highest BCUT2D eigenvalue weighted by molar-refractivity contribution is 5.83. The van der Waals surface area contributed by atoms with Crippen LogP contribution in [0.25, 0.3) is 11.0 Å². The van der Waals surface area contributed by atoms with E-state index in [9.17, 15) is 0 Å². The van der Waals surface area contributed by atoms with Crippen molar-refractivity contribution >= 4 is 11.0 Å². The van der Waals surface area contributed by atoms with E-state index < -0.39 is 0 Å². The van der Waals surface area contributed by atoms with Gasteiger partial charge in [0, 0.05) is 10.9 Å². The van der Waals surface area contributed by atoms with Crippen LogP contribution >= 0.6 is 0 Å². The predicted molar refractivity (Wildman–Crippen MR) is 56.9 cm³/mol. The van der Waals surface area contributed by atoms with E-state index >= 15 is 0 Å². The standard InChI is InChI=1S/C12H14O2/c1-4-10-8(2)14-12-6-5-9(13-3)7-11(10)12/h5-7H,4H2,1-3H3. The fourth-order valence-electron chi connectivity index (χ4n) is 1.82. The number of aryl methyl sites for hydroxylation is 2. The highest BCUT2D eigenvalue weighted by Gasteiger charge is 2.09. The molecule has 0 N–H and O–H groups in total. The van der Waals surface area contributed by atoms with Crippen molar-refractivity contribution in [2.75, 3.05) is 7.11 Å². The van der Waals surface area contributed by atoms with Gasteiger partial charge in [-0.25, -0.2) is 0 Å². The Morgan fingerprint density at radius 2 is 2.14 bits per heavy atom. The molecule has 1 aromatic heterocycles. The van der Waals surface area contributed by atoms with Crippen molar-refractivity contribution in [2.45, 2.75) is 20.3 Å². The van der Waals surface area contributed by atoms with Gasteiger partial charge in [-0.15, -0.1) is 0 Å². The van der Waals surface area contributed by atoms with Gasteiger partial charge in [-0.05, 0) is 31.5 Å². The van der Waals surface area contributed by atoms with Gasteiger partial charge in [-0.3, -0.25) is 0 Å². The lowest BCUT2D eigenvalue weighted by atomic mass is 10.1. The molecule has 2 heteroatoms. The van der Waals surface area contributed by atoms with Crippen LogP contribution in [-0.2, 0) is 6.42 Å². The van der Waals surface area contributed by atoms with Crippen molar-refractivity contribution in [3.05, 3.63) is 29.5 Å². The van der Waals surface area contributed by atoms with E-state index in [1.807, 2.05) is 25.1 Å². The zero-order valence-electron chi connectivity index (χ0n) is 8.76. The second-order valence-corrected chi connectivity index (χ2v) is 3.35. The highest BCUT2D eigenvalue weighted by atomic mass is 16.5. The van der Waals surface area contributed by atoms with Gasteiger partial charge < -0.3 is 9.15 Å². The molecule has 0 amide bonds. The van der Waals surface area contributed by atoms with Crippen LogP contribution in [0.1, 0.15) is 18.2 Å². The molecule has 2 nitrogen and oxygen atoms in total. The maximum absolute atomic E-state index is 5.63. The molecule has 1 aromatic carbocycles. The molecule has 0 saturated heterocycles. The zero-order chi connectivity index (χ0) is 10.1. The number of methoxy groups -OCH3 is 1. The molecule has 0 atom stereocenters. The summed E-state index contributed by atoms with van der Waals surface area (Å²) in [5, 5.41) is 1.17. The summed E-state index contributed by atoms with van der Waals surface area (Å²) in [6.45, 7) is 4.14. The smallest absolute Gasteiger partial charge is 0.134 e. The largest absolute Gasteiger partial charge is 0.497 e. The molecule has 0 bridgehead atoms. The van der Waals surface area contributed by atoms with Gasteiger partial charge in [-0.2, -0.15) is 0 Å². The van der Waals surface area contributed by atoms with E-state index in [0.29, 0.717) is 0 Å². The van der Waals surface area contributed by atoms with Gasteiger partial charge in [0.05, 0.1) is 7.11 Å². The molecule has 0 aliphatic rings. The first kappa shape index (κ1) is 9.13. The van der Waals surface area contributed by atoms with Crippen molar-refractivity contribution in [1.29, 1.82) is 0 Å². The highest BCUT2D eigenvalue weighted by Crippen LogP contribution is 2.28. The number of rotatable bonds is 2. The minimum absolute atomic E-state index is 0.882. The summed E-state index contributed by atoms with van der Waals surface area (Å²) in [5.41, 5.74) is 2.22. The van der Waals surface area contributed by atoms with Crippen molar-refractivity contribution in [1.82, 2.24) is 0 Å². The van der Waals surface area contributed by atoms with Crippen LogP contribution in [-0.4, -0.2) is 7.11 Å². The van der Waals surface area contributed by atoms with Crippen LogP contribution in [0.2, 0.25) is 0 Å². The van der Waals surface area contributed by atoms with Crippen LogP contribution in [0.15, 0.2) is 22.6 Å². The molecule has 0 spiro atoms. The molecule has 0 unspecified atom stereocenters. The molecule has 74 valence electrons. The van der Waals surface area contributed by atoms with Gasteiger partial charge in [0.2, 0.25) is 0 Å². The first-order chi connectivity index (χ1) is 6.76. The van der Waals surface area contributed by atoms with E-state index in [0.717, 1.165) is 23.5 Å². The number of furan rings is 1. The number of benzene rings is 1. The third kappa shape index (κ3) is 1.27. The molecular formula is C12H14O2. The topological polar surface area (TPSA) is 22.4 Å². The van der Waals surface area contributed by atoms with Crippen molar-refractivity contribution in [3.63, 3.8) is 0 Å². The van der Waals surface area contributed by atoms with E-state index in [-0.39, 0.29) is 0 Å². The molecule has 1 heterocycles. The molecule has 0 aliphatic heterocycles. The number of hydrogen-bond acceptors (Lipinski definition) is 2. The zero-order valence-corrected chi connectivity index (χ0v) is 8.76. The summed E-state index contributed by atoms with van der Waals surface area (Å²) in [5.74, 6) is 1.89. The van der Waals surface area contributed by atoms with E-state index in [4.69, 9.17) is 9.15 Å². The average molecular weight is 190 g/mol. The fourth-order valence-corrected chi connectivity index (χ4v) is 1.82. The first-order valence-corrected chi connectivity index (χ1v) is 4.82. The maximum Gasteiger partial charge on any atom is 0.134 e. The van der Waals surface area contributed by atoms with Gasteiger partial charge in [0.25, 0.3) is 0 Å². The minimum Gasteiger partial charge on any atom is -0.497 e. The molecule has 0 saturated carbocycles. The van der Waals surface area contributed by atoms with Gasteiger partial charge in [0.1, 0.15) is 17.1 Å². The Morgan fingerprint density at radius 3 is 2.79 bits per heavy atom. The van der Waals surface area contributed by atoms with Crippen molar-refractivity contribution in [2.24, 2.45) is 0 Å². The van der Waals surface area contributed by atoms with Crippen LogP contribution in [0.4, 0.5) is 0 Å². The maximum atomic E-state index is 5.63. The molecule has 2 aromatic rings. The summed E-state index contributed by atoms with van der Waals surface area (Å²) >= 11 is 0. The molecule has 0 aliphatic carbocycles. The number of ether oxygens (including phenoxy) is 1. The number of hydrogen-bond donors (Lipinski definition) is 0. The second kappa shape index (κ2) is 3.37. The van der Waals surface area contributed by atoms with Crippen LogP contribution in [0.5, 0.6) is 5.75 Å². The monoisotopic (exact) mass is 190 g/mol. The Hall–Kier alpha value is -1.44. The predicted octanol–water partition coefficient (Wildman–Crippen LogP) is 3.31. The summed E-state index contributed by atoms with van der Waals surface area (Å²) in [4.78, 5) is 0. The van der Waals surface area contributed by atoms with Crippen LogP contribution in [0, 0.1) is 6.92 Å².